The minimum atomic E-state index is -0.583. The van der Waals surface area contributed by atoms with E-state index < -0.39 is 5.97 Å². The van der Waals surface area contributed by atoms with Gasteiger partial charge in [-0.2, -0.15) is 0 Å². The van der Waals surface area contributed by atoms with Crippen molar-refractivity contribution in [2.45, 2.75) is 13.8 Å². The Bertz CT molecular complexity index is 465. The first kappa shape index (κ1) is 16.5. The normalized spacial score (nSPS) is 8.56. The van der Waals surface area contributed by atoms with E-state index in [1.807, 2.05) is 30.3 Å². The number of nitrogens with zero attached hydrogens (tertiary/aromatic N) is 1. The molecule has 1 aromatic carbocycles. The van der Waals surface area contributed by atoms with Crippen molar-refractivity contribution in [3.8, 4) is 11.3 Å². The van der Waals surface area contributed by atoms with Gasteiger partial charge in [0.1, 0.15) is 0 Å². The van der Waals surface area contributed by atoms with Crippen LogP contribution in [0.5, 0.6) is 0 Å². The molecule has 0 aliphatic carbocycles. The van der Waals surface area contributed by atoms with Crippen LogP contribution in [0.3, 0.4) is 0 Å². The van der Waals surface area contributed by atoms with Crippen molar-refractivity contribution >= 4 is 5.97 Å². The first-order valence-corrected chi connectivity index (χ1v) is 5.21. The summed E-state index contributed by atoms with van der Waals surface area (Å²) in [4.78, 5) is 11.8. The average molecular weight is 421 g/mol. The molecule has 0 fully saturated rings. The number of aromatic nitrogens is 1. The van der Waals surface area contributed by atoms with Crippen LogP contribution >= 0.6 is 0 Å². The summed E-state index contributed by atoms with van der Waals surface area (Å²) >= 11 is 0. The second-order valence-corrected chi connectivity index (χ2v) is 3.54. The third-order valence-corrected chi connectivity index (χ3v) is 1.91. The summed E-state index contributed by atoms with van der Waals surface area (Å²) in [5.41, 5.74) is 3.24. The van der Waals surface area contributed by atoms with Crippen LogP contribution < -0.4 is 0 Å². The molecule has 0 bridgehead atoms. The van der Waals surface area contributed by atoms with Gasteiger partial charge in [-0.3, -0.25) is 0 Å². The maximum atomic E-state index is 7.53. The molecule has 1 aromatic heterocycles. The average Bonchev–Trinajstić information content (AvgIpc) is 2.30. The summed E-state index contributed by atoms with van der Waals surface area (Å²) in [7, 11) is 0. The van der Waals surface area contributed by atoms with Crippen molar-refractivity contribution in [3.63, 3.8) is 0 Å². The molecule has 4 heteroatoms. The number of carboxylic acids is 1. The molecule has 97 valence electrons. The second-order valence-electron chi connectivity index (χ2n) is 3.54. The first-order chi connectivity index (χ1) is 8.09. The Morgan fingerprint density at radius 3 is 2.39 bits per heavy atom. The van der Waals surface area contributed by atoms with E-state index in [4.69, 9.17) is 9.90 Å². The summed E-state index contributed by atoms with van der Waals surface area (Å²) in [5.74, 6) is -0.583. The molecule has 18 heavy (non-hydrogen) atoms. The van der Waals surface area contributed by atoms with Crippen molar-refractivity contribution in [2.24, 2.45) is 0 Å². The molecule has 3 nitrogen and oxygen atoms in total. The molecule has 0 amide bonds. The van der Waals surface area contributed by atoms with Crippen LogP contribution in [0.1, 0.15) is 12.5 Å². The van der Waals surface area contributed by atoms with E-state index in [1.54, 1.807) is 6.20 Å². The summed E-state index contributed by atoms with van der Waals surface area (Å²) < 4.78 is 0. The van der Waals surface area contributed by atoms with Gasteiger partial charge >= 0.3 is 5.97 Å². The fourth-order valence-electron chi connectivity index (χ4n) is 1.18. The Morgan fingerprint density at radius 1 is 1.28 bits per heavy atom. The number of aliphatic carboxylic acids is 1. The predicted octanol–water partition coefficient (Wildman–Crippen LogP) is 2.92. The van der Waals surface area contributed by atoms with Crippen LogP contribution in [-0.2, 0) is 20.1 Å². The fraction of sp³-hybridized carbons (Fsp3) is 0.143. The molecule has 0 saturated carbocycles. The monoisotopic (exact) mass is 422 g/mol. The van der Waals surface area contributed by atoms with Crippen molar-refractivity contribution in [2.75, 3.05) is 0 Å². The largest absolute Gasteiger partial charge is 0.477 e. The SMILES string of the molecule is CC(O)=[OH+].Cc1c[c-]c(-c2ccccn2)cc1.[Ir]. The number of aliphatic hydroxyl groups excluding tert-OH is 1. The molecule has 0 spiro atoms. The molecule has 0 unspecified atom stereocenters. The zero-order valence-electron chi connectivity index (χ0n) is 10.2. The number of pyridine rings is 1. The topological polar surface area (TPSA) is 54.5 Å². The molecule has 0 saturated heterocycles. The van der Waals surface area contributed by atoms with Crippen molar-refractivity contribution in [3.05, 3.63) is 54.2 Å². The van der Waals surface area contributed by atoms with Crippen molar-refractivity contribution < 1.29 is 30.0 Å². The Hall–Kier alpha value is -1.51. The molecule has 2 aromatic rings. The third kappa shape index (κ3) is 6.28. The van der Waals surface area contributed by atoms with Gasteiger partial charge in [-0.1, -0.05) is 19.1 Å². The van der Waals surface area contributed by atoms with Crippen LogP contribution in [0.4, 0.5) is 0 Å². The van der Waals surface area contributed by atoms with Gasteiger partial charge in [0.05, 0.1) is 6.92 Å². The summed E-state index contributed by atoms with van der Waals surface area (Å²) in [6.45, 7) is 3.25. The van der Waals surface area contributed by atoms with Gasteiger partial charge in [0.2, 0.25) is 0 Å². The van der Waals surface area contributed by atoms with Gasteiger partial charge in [0.15, 0.2) is 0 Å². The molecule has 0 atom stereocenters. The molecule has 2 N–H and O–H groups in total. The van der Waals surface area contributed by atoms with Crippen LogP contribution in [0, 0.1) is 13.0 Å². The molecule has 0 aliphatic rings. The quantitative estimate of drug-likeness (QED) is 0.569. The predicted molar refractivity (Wildman–Crippen MR) is 68.5 cm³/mol. The maximum absolute atomic E-state index is 7.53. The van der Waals surface area contributed by atoms with Gasteiger partial charge in [-0.25, -0.2) is 0 Å². The van der Waals surface area contributed by atoms with Crippen LogP contribution in [0.25, 0.3) is 11.3 Å². The molecule has 0 aliphatic heterocycles. The fourth-order valence-corrected chi connectivity index (χ4v) is 1.18. The smallest absolute Gasteiger partial charge is 0.339 e. The third-order valence-electron chi connectivity index (χ3n) is 1.91. The zero-order valence-corrected chi connectivity index (χ0v) is 12.6. The van der Waals surface area contributed by atoms with Gasteiger partial charge in [-0.05, 0) is 11.8 Å². The molecular formula is C14H15IrNO2. The van der Waals surface area contributed by atoms with Gasteiger partial charge in [-0.15, -0.1) is 35.4 Å². The van der Waals surface area contributed by atoms with E-state index in [9.17, 15) is 0 Å². The number of carboxylic acid groups (broad SMARTS) is 1. The van der Waals surface area contributed by atoms with Crippen molar-refractivity contribution in [1.29, 1.82) is 0 Å². The maximum Gasteiger partial charge on any atom is 0.477 e. The number of rotatable bonds is 1. The van der Waals surface area contributed by atoms with E-state index in [-0.39, 0.29) is 20.1 Å². The minimum absolute atomic E-state index is 0. The van der Waals surface area contributed by atoms with E-state index >= 15 is 0 Å². The first-order valence-electron chi connectivity index (χ1n) is 5.21. The van der Waals surface area contributed by atoms with Gasteiger partial charge in [0, 0.05) is 26.3 Å². The van der Waals surface area contributed by atoms with Crippen LogP contribution in [0.2, 0.25) is 0 Å². The van der Waals surface area contributed by atoms with Crippen LogP contribution in [0.15, 0.2) is 42.6 Å². The Balaban J connectivity index is 0.000000512. The molecular weight excluding hydrogens is 406 g/mol. The summed E-state index contributed by atoms with van der Waals surface area (Å²) in [5, 5.41) is 7.53. The summed E-state index contributed by atoms with van der Waals surface area (Å²) in [6.07, 6.45) is 1.79. The second kappa shape index (κ2) is 8.56. The Labute approximate surface area is 120 Å². The van der Waals surface area contributed by atoms with Gasteiger partial charge in [0.25, 0.3) is 0 Å². The van der Waals surface area contributed by atoms with Crippen molar-refractivity contribution in [1.82, 2.24) is 4.98 Å². The van der Waals surface area contributed by atoms with Crippen LogP contribution in [-0.4, -0.2) is 20.9 Å². The van der Waals surface area contributed by atoms with E-state index in [1.165, 1.54) is 12.5 Å². The number of aryl methyl sites for hydroxylation is 1. The van der Waals surface area contributed by atoms with Gasteiger partial charge < -0.3 is 14.9 Å². The van der Waals surface area contributed by atoms with E-state index in [0.29, 0.717) is 0 Å². The number of benzene rings is 1. The number of hydrogen-bond donors (Lipinski definition) is 1. The minimum Gasteiger partial charge on any atom is -0.339 e. The van der Waals surface area contributed by atoms with E-state index in [0.717, 1.165) is 11.3 Å². The molecule has 1 heterocycles. The zero-order chi connectivity index (χ0) is 12.7. The van der Waals surface area contributed by atoms with E-state index in [2.05, 4.69) is 24.0 Å². The Kier molecular flexibility index (Phi) is 7.84. The number of hydrogen-bond acceptors (Lipinski definition) is 1. The molecule has 2 rings (SSSR count). The standard InChI is InChI=1S/C12H10N.C2H4O2.Ir/c1-10-5-7-11(8-6-10)12-4-2-3-9-13-12;1-2(3)4;/h2-7,9H,1H3;1H3,(H,3,4);/q-1;;/p+1. The Morgan fingerprint density at radius 2 is 1.94 bits per heavy atom. The molecule has 1 radical (unpaired) electrons. The summed E-state index contributed by atoms with van der Waals surface area (Å²) in [6, 6.07) is 15.2.